The first-order valence-electron chi connectivity index (χ1n) is 6.01. The molecule has 0 radical (unpaired) electrons. The molecule has 1 heterocycles. The Morgan fingerprint density at radius 2 is 2.05 bits per heavy atom. The standard InChI is InChI=1S/C13H14F2N4OS/c1-7-17-9(6-21-7)5-19(2)12-10(14)3-8(4-11(12)15)13(16)18-20/h3-4,6,20H,5H2,1-2H3,(H2,16,18). The molecule has 0 fully saturated rings. The van der Waals surface area contributed by atoms with Gasteiger partial charge in [-0.1, -0.05) is 5.16 Å². The fraction of sp³-hybridized carbons (Fsp3) is 0.231. The minimum Gasteiger partial charge on any atom is -0.409 e. The molecule has 0 saturated carbocycles. The van der Waals surface area contributed by atoms with Gasteiger partial charge in [-0.2, -0.15) is 0 Å². The van der Waals surface area contributed by atoms with Gasteiger partial charge in [0.1, 0.15) is 17.3 Å². The molecule has 0 aliphatic heterocycles. The fourth-order valence-corrected chi connectivity index (χ4v) is 2.54. The SMILES string of the molecule is Cc1nc(CN(C)c2c(F)cc(C(N)=NO)cc2F)cs1. The molecular weight excluding hydrogens is 298 g/mol. The minimum absolute atomic E-state index is 0.0193. The number of aryl methyl sites for hydroxylation is 1. The van der Waals surface area contributed by atoms with Gasteiger partial charge < -0.3 is 15.8 Å². The Hall–Kier alpha value is -2.22. The molecule has 21 heavy (non-hydrogen) atoms. The number of hydrogen-bond donors (Lipinski definition) is 2. The summed E-state index contributed by atoms with van der Waals surface area (Å²) >= 11 is 1.47. The molecule has 5 nitrogen and oxygen atoms in total. The van der Waals surface area contributed by atoms with Crippen molar-refractivity contribution in [3.8, 4) is 0 Å². The summed E-state index contributed by atoms with van der Waals surface area (Å²) < 4.78 is 28.1. The number of hydrogen-bond acceptors (Lipinski definition) is 5. The maximum absolute atomic E-state index is 14.1. The highest BCUT2D eigenvalue weighted by Crippen LogP contribution is 2.25. The third-order valence-corrected chi connectivity index (χ3v) is 3.69. The lowest BCUT2D eigenvalue weighted by Gasteiger charge is -2.20. The van der Waals surface area contributed by atoms with Crippen molar-refractivity contribution in [3.63, 3.8) is 0 Å². The van der Waals surface area contributed by atoms with Gasteiger partial charge in [0.25, 0.3) is 0 Å². The zero-order valence-corrected chi connectivity index (χ0v) is 12.3. The van der Waals surface area contributed by atoms with Crippen LogP contribution in [0.1, 0.15) is 16.3 Å². The van der Waals surface area contributed by atoms with Crippen molar-refractivity contribution in [1.82, 2.24) is 4.98 Å². The van der Waals surface area contributed by atoms with Crippen LogP contribution >= 0.6 is 11.3 Å². The Morgan fingerprint density at radius 3 is 2.52 bits per heavy atom. The van der Waals surface area contributed by atoms with Crippen molar-refractivity contribution in [1.29, 1.82) is 0 Å². The van der Waals surface area contributed by atoms with Crippen molar-refractivity contribution in [3.05, 3.63) is 45.4 Å². The number of nitrogens with zero attached hydrogens (tertiary/aromatic N) is 3. The van der Waals surface area contributed by atoms with E-state index in [1.165, 1.54) is 16.2 Å². The van der Waals surface area contributed by atoms with Gasteiger partial charge in [0, 0.05) is 18.0 Å². The fourth-order valence-electron chi connectivity index (χ4n) is 1.94. The smallest absolute Gasteiger partial charge is 0.170 e. The number of benzene rings is 1. The molecule has 2 aromatic rings. The molecule has 0 bridgehead atoms. The maximum atomic E-state index is 14.1. The van der Waals surface area contributed by atoms with Crippen molar-refractivity contribution in [2.75, 3.05) is 11.9 Å². The summed E-state index contributed by atoms with van der Waals surface area (Å²) in [4.78, 5) is 5.68. The van der Waals surface area contributed by atoms with E-state index in [9.17, 15) is 8.78 Å². The Kier molecular flexibility index (Phi) is 4.37. The quantitative estimate of drug-likeness (QED) is 0.393. The van der Waals surface area contributed by atoms with E-state index in [1.807, 2.05) is 12.3 Å². The third-order valence-electron chi connectivity index (χ3n) is 2.87. The lowest BCUT2D eigenvalue weighted by atomic mass is 10.1. The van der Waals surface area contributed by atoms with E-state index in [0.29, 0.717) is 0 Å². The van der Waals surface area contributed by atoms with Gasteiger partial charge in [0.05, 0.1) is 17.2 Å². The average Bonchev–Trinajstić information content (AvgIpc) is 2.82. The minimum atomic E-state index is -0.786. The second-order valence-electron chi connectivity index (χ2n) is 4.49. The molecule has 1 aromatic carbocycles. The van der Waals surface area contributed by atoms with Crippen LogP contribution in [0.3, 0.4) is 0 Å². The lowest BCUT2D eigenvalue weighted by molar-refractivity contribution is 0.318. The summed E-state index contributed by atoms with van der Waals surface area (Å²) in [7, 11) is 1.57. The van der Waals surface area contributed by atoms with Crippen LogP contribution < -0.4 is 10.6 Å². The molecule has 0 aliphatic carbocycles. The van der Waals surface area contributed by atoms with E-state index in [4.69, 9.17) is 10.9 Å². The molecule has 0 spiro atoms. The van der Waals surface area contributed by atoms with E-state index < -0.39 is 11.6 Å². The molecule has 0 saturated heterocycles. The summed E-state index contributed by atoms with van der Waals surface area (Å²) in [6.07, 6.45) is 0. The van der Waals surface area contributed by atoms with Gasteiger partial charge >= 0.3 is 0 Å². The number of amidine groups is 1. The highest BCUT2D eigenvalue weighted by atomic mass is 32.1. The number of thiazole rings is 1. The molecule has 2 rings (SSSR count). The molecule has 0 unspecified atom stereocenters. The number of nitrogens with two attached hydrogens (primary N) is 1. The molecule has 0 atom stereocenters. The van der Waals surface area contributed by atoms with Crippen LogP contribution in [0.4, 0.5) is 14.5 Å². The first-order valence-corrected chi connectivity index (χ1v) is 6.89. The molecule has 3 N–H and O–H groups in total. The van der Waals surface area contributed by atoms with Crippen molar-refractivity contribution in [2.45, 2.75) is 13.5 Å². The topological polar surface area (TPSA) is 74.7 Å². The Labute approximate surface area is 124 Å². The summed E-state index contributed by atoms with van der Waals surface area (Å²) in [5.74, 6) is -1.92. The van der Waals surface area contributed by atoms with Gasteiger partial charge in [-0.3, -0.25) is 0 Å². The van der Waals surface area contributed by atoms with Crippen molar-refractivity contribution in [2.24, 2.45) is 10.9 Å². The molecule has 1 aromatic heterocycles. The highest BCUT2D eigenvalue weighted by Gasteiger charge is 2.17. The zero-order chi connectivity index (χ0) is 15.6. The first kappa shape index (κ1) is 15.2. The van der Waals surface area contributed by atoms with Crippen LogP contribution in [0.2, 0.25) is 0 Å². The largest absolute Gasteiger partial charge is 0.409 e. The second-order valence-corrected chi connectivity index (χ2v) is 5.55. The number of aromatic nitrogens is 1. The Morgan fingerprint density at radius 1 is 1.43 bits per heavy atom. The molecule has 0 amide bonds. The predicted molar refractivity (Wildman–Crippen MR) is 77.8 cm³/mol. The second kappa shape index (κ2) is 6.04. The van der Waals surface area contributed by atoms with E-state index in [-0.39, 0.29) is 23.6 Å². The summed E-state index contributed by atoms with van der Waals surface area (Å²) in [5.41, 5.74) is 5.86. The Balaban J connectivity index is 2.31. The van der Waals surface area contributed by atoms with Crippen LogP contribution in [0.25, 0.3) is 0 Å². The summed E-state index contributed by atoms with van der Waals surface area (Å²) in [5, 5.41) is 14.0. The number of rotatable bonds is 4. The molecular formula is C13H14F2N4OS. The molecule has 8 heteroatoms. The number of halogens is 2. The lowest BCUT2D eigenvalue weighted by Crippen LogP contribution is -2.21. The molecule has 0 aliphatic rings. The summed E-state index contributed by atoms with van der Waals surface area (Å²) in [6, 6.07) is 2.05. The number of oxime groups is 1. The Bertz CT molecular complexity index is 664. The van der Waals surface area contributed by atoms with Gasteiger partial charge in [0.2, 0.25) is 0 Å². The van der Waals surface area contributed by atoms with E-state index in [0.717, 1.165) is 22.8 Å². The predicted octanol–water partition coefficient (Wildman–Crippen LogP) is 2.46. The first-order chi connectivity index (χ1) is 9.92. The average molecular weight is 312 g/mol. The zero-order valence-electron chi connectivity index (χ0n) is 11.5. The van der Waals surface area contributed by atoms with Crippen LogP contribution in [-0.2, 0) is 6.54 Å². The monoisotopic (exact) mass is 312 g/mol. The van der Waals surface area contributed by atoms with E-state index >= 15 is 0 Å². The van der Waals surface area contributed by atoms with Crippen LogP contribution in [0, 0.1) is 18.6 Å². The van der Waals surface area contributed by atoms with Crippen LogP contribution in [-0.4, -0.2) is 23.1 Å². The highest BCUT2D eigenvalue weighted by molar-refractivity contribution is 7.09. The van der Waals surface area contributed by atoms with Gasteiger partial charge in [-0.25, -0.2) is 13.8 Å². The van der Waals surface area contributed by atoms with Crippen LogP contribution in [0.15, 0.2) is 22.7 Å². The third kappa shape index (κ3) is 3.27. The molecule has 112 valence electrons. The normalized spacial score (nSPS) is 11.7. The van der Waals surface area contributed by atoms with Gasteiger partial charge in [-0.05, 0) is 19.1 Å². The van der Waals surface area contributed by atoms with Gasteiger partial charge in [0.15, 0.2) is 5.84 Å². The van der Waals surface area contributed by atoms with E-state index in [2.05, 4.69) is 10.1 Å². The van der Waals surface area contributed by atoms with Crippen LogP contribution in [0.5, 0.6) is 0 Å². The van der Waals surface area contributed by atoms with E-state index in [1.54, 1.807) is 7.05 Å². The van der Waals surface area contributed by atoms with Crippen molar-refractivity contribution < 1.29 is 14.0 Å². The van der Waals surface area contributed by atoms with Gasteiger partial charge in [-0.15, -0.1) is 11.3 Å². The van der Waals surface area contributed by atoms with Crippen molar-refractivity contribution >= 4 is 22.9 Å². The number of anilines is 1. The maximum Gasteiger partial charge on any atom is 0.170 e. The summed E-state index contributed by atoms with van der Waals surface area (Å²) in [6.45, 7) is 2.14.